The Kier molecular flexibility index (Phi) is 4.44. The third kappa shape index (κ3) is 3.05. The minimum absolute atomic E-state index is 0.196. The van der Waals surface area contributed by atoms with Gasteiger partial charge in [-0.25, -0.2) is 5.10 Å². The van der Waals surface area contributed by atoms with Gasteiger partial charge in [0, 0.05) is 19.2 Å². The lowest BCUT2D eigenvalue weighted by atomic mass is 10.3. The number of nitrogens with zero attached hydrogens (tertiary/aromatic N) is 2. The second-order valence-electron chi connectivity index (χ2n) is 3.35. The van der Waals surface area contributed by atoms with E-state index in [0.29, 0.717) is 13.1 Å². The van der Waals surface area contributed by atoms with Crippen LogP contribution in [-0.2, 0) is 0 Å². The van der Waals surface area contributed by atoms with Gasteiger partial charge < -0.3 is 4.90 Å². The molecule has 0 atom stereocenters. The van der Waals surface area contributed by atoms with Crippen molar-refractivity contribution in [3.63, 3.8) is 0 Å². The summed E-state index contributed by atoms with van der Waals surface area (Å²) in [6, 6.07) is 2.71. The van der Waals surface area contributed by atoms with Crippen LogP contribution in [-0.4, -0.2) is 34.1 Å². The fourth-order valence-corrected chi connectivity index (χ4v) is 1.33. The Morgan fingerprint density at radius 2 is 2.38 bits per heavy atom. The first kappa shape index (κ1) is 12.2. The summed E-state index contributed by atoms with van der Waals surface area (Å²) in [5.74, 6) is -0.196. The van der Waals surface area contributed by atoms with Crippen LogP contribution in [0.2, 0.25) is 0 Å². The summed E-state index contributed by atoms with van der Waals surface area (Å²) in [5.41, 5.74) is -0.0720. The Morgan fingerprint density at radius 1 is 1.62 bits per heavy atom. The fourth-order valence-electron chi connectivity index (χ4n) is 1.33. The van der Waals surface area contributed by atoms with Gasteiger partial charge in [0.15, 0.2) is 0 Å². The number of nitrogens with one attached hydrogen (secondary N) is 1. The third-order valence-corrected chi connectivity index (χ3v) is 2.03. The van der Waals surface area contributed by atoms with Crippen LogP contribution in [0.5, 0.6) is 0 Å². The first-order valence-electron chi connectivity index (χ1n) is 5.15. The Bertz CT molecular complexity index is 405. The molecule has 1 aromatic heterocycles. The van der Waals surface area contributed by atoms with Crippen LogP contribution in [0.3, 0.4) is 0 Å². The summed E-state index contributed by atoms with van der Waals surface area (Å²) in [5, 5.41) is 5.94. The number of rotatable bonds is 5. The monoisotopic (exact) mass is 221 g/mol. The number of aromatic amines is 1. The first-order valence-corrected chi connectivity index (χ1v) is 5.15. The van der Waals surface area contributed by atoms with Gasteiger partial charge in [-0.15, -0.1) is 6.58 Å². The second kappa shape index (κ2) is 5.85. The molecule has 0 spiro atoms. The van der Waals surface area contributed by atoms with Crippen molar-refractivity contribution in [3.05, 3.63) is 40.8 Å². The van der Waals surface area contributed by atoms with Gasteiger partial charge in [-0.1, -0.05) is 13.0 Å². The molecule has 1 N–H and O–H groups in total. The first-order chi connectivity index (χ1) is 7.69. The van der Waals surface area contributed by atoms with Gasteiger partial charge in [0.25, 0.3) is 11.5 Å². The highest BCUT2D eigenvalue weighted by Gasteiger charge is 2.14. The molecule has 5 nitrogen and oxygen atoms in total. The molecule has 1 aromatic rings. The molecule has 86 valence electrons. The Balaban J connectivity index is 2.84. The van der Waals surface area contributed by atoms with E-state index in [-0.39, 0.29) is 17.2 Å². The maximum atomic E-state index is 11.9. The summed E-state index contributed by atoms with van der Waals surface area (Å²) in [6.45, 7) is 6.71. The van der Waals surface area contributed by atoms with E-state index >= 15 is 0 Å². The van der Waals surface area contributed by atoms with Gasteiger partial charge in [-0.3, -0.25) is 9.59 Å². The summed E-state index contributed by atoms with van der Waals surface area (Å²) in [4.78, 5) is 24.4. The largest absolute Gasteiger partial charge is 0.334 e. The lowest BCUT2D eigenvalue weighted by molar-refractivity contribution is 0.0767. The van der Waals surface area contributed by atoms with E-state index < -0.39 is 0 Å². The molecular formula is C11H15N3O2. The van der Waals surface area contributed by atoms with Gasteiger partial charge in [0.05, 0.1) is 0 Å². The number of hydrogen-bond donors (Lipinski definition) is 1. The lowest BCUT2D eigenvalue weighted by Crippen LogP contribution is -2.33. The highest BCUT2D eigenvalue weighted by atomic mass is 16.2. The molecule has 1 heterocycles. The van der Waals surface area contributed by atoms with Gasteiger partial charge in [-0.2, -0.15) is 5.10 Å². The van der Waals surface area contributed by atoms with Crippen LogP contribution >= 0.6 is 0 Å². The number of carbonyl (C=O) groups is 1. The van der Waals surface area contributed by atoms with Crippen molar-refractivity contribution in [3.8, 4) is 0 Å². The van der Waals surface area contributed by atoms with E-state index in [1.165, 1.54) is 12.1 Å². The standard InChI is InChI=1S/C11H15N3O2/c1-3-7-14(8-4-2)11(16)9-5-6-10(15)13-12-9/h3,5-6H,1,4,7-8H2,2H3,(H,13,15). The molecule has 1 rings (SSSR count). The predicted molar refractivity (Wildman–Crippen MR) is 61.2 cm³/mol. The molecule has 0 bridgehead atoms. The fraction of sp³-hybridized carbons (Fsp3) is 0.364. The van der Waals surface area contributed by atoms with Crippen molar-refractivity contribution in [2.24, 2.45) is 0 Å². The van der Waals surface area contributed by atoms with E-state index in [9.17, 15) is 9.59 Å². The maximum absolute atomic E-state index is 11.9. The molecule has 0 aliphatic carbocycles. The molecule has 0 unspecified atom stereocenters. The summed E-state index contributed by atoms with van der Waals surface area (Å²) in [6.07, 6.45) is 2.53. The molecule has 1 amide bonds. The van der Waals surface area contributed by atoms with Crippen LogP contribution in [0.4, 0.5) is 0 Å². The van der Waals surface area contributed by atoms with Crippen molar-refractivity contribution in [2.75, 3.05) is 13.1 Å². The summed E-state index contributed by atoms with van der Waals surface area (Å²) < 4.78 is 0. The van der Waals surface area contributed by atoms with Crippen LogP contribution in [0, 0.1) is 0 Å². The minimum atomic E-state index is -0.317. The zero-order valence-corrected chi connectivity index (χ0v) is 9.27. The Morgan fingerprint density at radius 3 is 2.88 bits per heavy atom. The second-order valence-corrected chi connectivity index (χ2v) is 3.35. The molecule has 0 radical (unpaired) electrons. The minimum Gasteiger partial charge on any atom is -0.334 e. The van der Waals surface area contributed by atoms with Gasteiger partial charge in [0.2, 0.25) is 0 Å². The highest BCUT2D eigenvalue weighted by molar-refractivity contribution is 5.92. The normalized spacial score (nSPS) is 9.81. The number of carbonyl (C=O) groups excluding carboxylic acids is 1. The van der Waals surface area contributed by atoms with Crippen LogP contribution in [0.25, 0.3) is 0 Å². The lowest BCUT2D eigenvalue weighted by Gasteiger charge is -2.19. The van der Waals surface area contributed by atoms with Gasteiger partial charge in [-0.05, 0) is 12.5 Å². The average Bonchev–Trinajstić information content (AvgIpc) is 2.29. The van der Waals surface area contributed by atoms with Crippen molar-refractivity contribution in [1.82, 2.24) is 15.1 Å². The van der Waals surface area contributed by atoms with E-state index in [2.05, 4.69) is 16.8 Å². The van der Waals surface area contributed by atoms with Gasteiger partial charge >= 0.3 is 0 Å². The van der Waals surface area contributed by atoms with Crippen LogP contribution in [0.15, 0.2) is 29.6 Å². The molecule has 0 aliphatic rings. The van der Waals surface area contributed by atoms with Crippen molar-refractivity contribution in [2.45, 2.75) is 13.3 Å². The number of H-pyrrole nitrogens is 1. The molecule has 0 aliphatic heterocycles. The summed E-state index contributed by atoms with van der Waals surface area (Å²) >= 11 is 0. The molecule has 5 heteroatoms. The molecule has 0 fully saturated rings. The quantitative estimate of drug-likeness (QED) is 0.748. The maximum Gasteiger partial charge on any atom is 0.274 e. The molecule has 0 saturated heterocycles. The third-order valence-electron chi connectivity index (χ3n) is 2.03. The number of hydrogen-bond acceptors (Lipinski definition) is 3. The van der Waals surface area contributed by atoms with Crippen molar-refractivity contribution >= 4 is 5.91 Å². The number of aromatic nitrogens is 2. The Labute approximate surface area is 93.8 Å². The highest BCUT2D eigenvalue weighted by Crippen LogP contribution is 2.00. The van der Waals surface area contributed by atoms with E-state index in [1.54, 1.807) is 11.0 Å². The van der Waals surface area contributed by atoms with Crippen molar-refractivity contribution in [1.29, 1.82) is 0 Å². The van der Waals surface area contributed by atoms with E-state index in [0.717, 1.165) is 6.42 Å². The molecule has 0 aromatic carbocycles. The number of amides is 1. The van der Waals surface area contributed by atoms with E-state index in [4.69, 9.17) is 0 Å². The zero-order valence-electron chi connectivity index (χ0n) is 9.27. The average molecular weight is 221 g/mol. The summed E-state index contributed by atoms with van der Waals surface area (Å²) in [7, 11) is 0. The van der Waals surface area contributed by atoms with E-state index in [1.807, 2.05) is 6.92 Å². The topological polar surface area (TPSA) is 66.1 Å². The zero-order chi connectivity index (χ0) is 12.0. The smallest absolute Gasteiger partial charge is 0.274 e. The van der Waals surface area contributed by atoms with Crippen molar-refractivity contribution < 1.29 is 4.79 Å². The van der Waals surface area contributed by atoms with Gasteiger partial charge in [0.1, 0.15) is 5.69 Å². The Hall–Kier alpha value is -1.91. The molecule has 16 heavy (non-hydrogen) atoms. The van der Waals surface area contributed by atoms with Crippen LogP contribution in [0.1, 0.15) is 23.8 Å². The molecular weight excluding hydrogens is 206 g/mol. The van der Waals surface area contributed by atoms with Crippen LogP contribution < -0.4 is 5.56 Å². The SMILES string of the molecule is C=CCN(CCC)C(=O)c1ccc(=O)[nH]n1. The predicted octanol–water partition coefficient (Wildman–Crippen LogP) is 0.808. The molecule has 0 saturated carbocycles.